The molecule has 2 nitrogen and oxygen atoms in total. The van der Waals surface area contributed by atoms with Gasteiger partial charge in [0, 0.05) is 13.2 Å². The van der Waals surface area contributed by atoms with Gasteiger partial charge in [0.2, 0.25) is 0 Å². The molecule has 0 amide bonds. The molecular weight excluding hydrogens is 140 g/mol. The molecule has 2 heteroatoms. The first-order valence-corrected chi connectivity index (χ1v) is 4.27. The second kappa shape index (κ2) is 2.61. The lowest BCUT2D eigenvalue weighted by atomic mass is 9.84. The van der Waals surface area contributed by atoms with Gasteiger partial charge in [-0.3, -0.25) is 0 Å². The monoisotopic (exact) mass is 154 g/mol. The lowest BCUT2D eigenvalue weighted by molar-refractivity contribution is 0.112. The Morgan fingerprint density at radius 2 is 1.45 bits per heavy atom. The molecule has 2 N–H and O–H groups in total. The van der Waals surface area contributed by atoms with Gasteiger partial charge in [-0.15, -0.1) is 0 Å². The number of aliphatic hydroxyl groups excluding tert-OH is 2. The molecule has 0 heterocycles. The highest BCUT2D eigenvalue weighted by molar-refractivity contribution is 5.13. The summed E-state index contributed by atoms with van der Waals surface area (Å²) in [5.74, 6) is 1.74. The fourth-order valence-corrected chi connectivity index (χ4v) is 2.57. The van der Waals surface area contributed by atoms with Gasteiger partial charge in [0.15, 0.2) is 0 Å². The van der Waals surface area contributed by atoms with Crippen molar-refractivity contribution in [2.45, 2.75) is 6.42 Å². The zero-order chi connectivity index (χ0) is 7.84. The van der Waals surface area contributed by atoms with Crippen LogP contribution in [0.3, 0.4) is 0 Å². The Hall–Kier alpha value is -0.340. The lowest BCUT2D eigenvalue weighted by Crippen LogP contribution is -2.25. The van der Waals surface area contributed by atoms with Crippen molar-refractivity contribution in [1.29, 1.82) is 0 Å². The molecule has 1 fully saturated rings. The zero-order valence-corrected chi connectivity index (χ0v) is 6.48. The molecule has 0 saturated heterocycles. The van der Waals surface area contributed by atoms with Crippen LogP contribution in [0.5, 0.6) is 0 Å². The second-order valence-electron chi connectivity index (χ2n) is 3.64. The van der Waals surface area contributed by atoms with Gasteiger partial charge in [-0.25, -0.2) is 0 Å². The summed E-state index contributed by atoms with van der Waals surface area (Å²) in [5, 5.41) is 18.1. The van der Waals surface area contributed by atoms with E-state index in [1.807, 2.05) is 0 Å². The van der Waals surface area contributed by atoms with Crippen LogP contribution in [0.15, 0.2) is 12.2 Å². The van der Waals surface area contributed by atoms with Gasteiger partial charge in [0.25, 0.3) is 0 Å². The molecule has 0 aromatic heterocycles. The summed E-state index contributed by atoms with van der Waals surface area (Å²) in [6, 6.07) is 0. The van der Waals surface area contributed by atoms with Gasteiger partial charge in [0.05, 0.1) is 0 Å². The summed E-state index contributed by atoms with van der Waals surface area (Å²) in [7, 11) is 0. The maximum absolute atomic E-state index is 9.04. The summed E-state index contributed by atoms with van der Waals surface area (Å²) >= 11 is 0. The molecule has 0 spiro atoms. The first-order chi connectivity index (χ1) is 5.36. The molecule has 2 aliphatic rings. The standard InChI is InChI=1S/C9H14O2/c10-4-8-6-1-2-7(3-6)9(8)5-11/h1-2,6-11H,3-5H2/t6-,7+,8+,9?/m1/s1. The van der Waals surface area contributed by atoms with Crippen molar-refractivity contribution in [2.24, 2.45) is 23.7 Å². The van der Waals surface area contributed by atoms with Crippen LogP contribution >= 0.6 is 0 Å². The van der Waals surface area contributed by atoms with E-state index in [9.17, 15) is 0 Å². The molecular formula is C9H14O2. The zero-order valence-electron chi connectivity index (χ0n) is 6.48. The molecule has 2 rings (SSSR count). The van der Waals surface area contributed by atoms with Crippen LogP contribution in [-0.2, 0) is 0 Å². The highest BCUT2D eigenvalue weighted by Gasteiger charge is 2.43. The van der Waals surface area contributed by atoms with E-state index in [0.29, 0.717) is 23.7 Å². The summed E-state index contributed by atoms with van der Waals surface area (Å²) in [4.78, 5) is 0. The quantitative estimate of drug-likeness (QED) is 0.565. The van der Waals surface area contributed by atoms with E-state index in [-0.39, 0.29) is 13.2 Å². The van der Waals surface area contributed by atoms with Gasteiger partial charge in [-0.05, 0) is 30.1 Å². The first kappa shape index (κ1) is 7.32. The minimum absolute atomic E-state index is 0.233. The van der Waals surface area contributed by atoms with E-state index in [4.69, 9.17) is 10.2 Å². The van der Waals surface area contributed by atoms with Crippen molar-refractivity contribution in [3.63, 3.8) is 0 Å². The number of hydrogen-bond acceptors (Lipinski definition) is 2. The normalized spacial score (nSPS) is 47.1. The van der Waals surface area contributed by atoms with Crippen molar-refractivity contribution in [2.75, 3.05) is 13.2 Å². The largest absolute Gasteiger partial charge is 0.396 e. The van der Waals surface area contributed by atoms with Gasteiger partial charge >= 0.3 is 0 Å². The molecule has 0 radical (unpaired) electrons. The third kappa shape index (κ3) is 0.932. The minimum Gasteiger partial charge on any atom is -0.396 e. The number of rotatable bonds is 2. The van der Waals surface area contributed by atoms with E-state index in [1.54, 1.807) is 0 Å². The maximum atomic E-state index is 9.04. The van der Waals surface area contributed by atoms with Crippen molar-refractivity contribution in [3.8, 4) is 0 Å². The smallest absolute Gasteiger partial charge is 0.0468 e. The van der Waals surface area contributed by atoms with Crippen molar-refractivity contribution in [1.82, 2.24) is 0 Å². The predicted octanol–water partition coefficient (Wildman–Crippen LogP) is 0.409. The topological polar surface area (TPSA) is 40.5 Å². The molecule has 4 atom stereocenters. The van der Waals surface area contributed by atoms with Gasteiger partial charge in [-0.1, -0.05) is 12.2 Å². The number of aliphatic hydroxyl groups is 2. The Balaban J connectivity index is 2.15. The molecule has 2 bridgehead atoms. The second-order valence-corrected chi connectivity index (χ2v) is 3.64. The van der Waals surface area contributed by atoms with E-state index in [2.05, 4.69) is 12.2 Å². The molecule has 0 aliphatic heterocycles. The van der Waals surface area contributed by atoms with Crippen molar-refractivity contribution in [3.05, 3.63) is 12.2 Å². The van der Waals surface area contributed by atoms with Crippen LogP contribution in [0.25, 0.3) is 0 Å². The fourth-order valence-electron chi connectivity index (χ4n) is 2.57. The molecule has 1 unspecified atom stereocenters. The Labute approximate surface area is 66.5 Å². The van der Waals surface area contributed by atoms with E-state index in [0.717, 1.165) is 6.42 Å². The minimum atomic E-state index is 0.233. The first-order valence-electron chi connectivity index (χ1n) is 4.27. The molecule has 2 aliphatic carbocycles. The van der Waals surface area contributed by atoms with Crippen LogP contribution in [0, 0.1) is 23.7 Å². The average Bonchev–Trinajstić information content (AvgIpc) is 2.60. The van der Waals surface area contributed by atoms with Crippen molar-refractivity contribution < 1.29 is 10.2 Å². The fraction of sp³-hybridized carbons (Fsp3) is 0.778. The van der Waals surface area contributed by atoms with E-state index < -0.39 is 0 Å². The molecule has 62 valence electrons. The SMILES string of the molecule is OCC1[C@@H](CO)[C@@H]2C=C[C@H]1C2. The Kier molecular flexibility index (Phi) is 1.74. The Morgan fingerprint density at radius 1 is 1.00 bits per heavy atom. The van der Waals surface area contributed by atoms with Crippen LogP contribution < -0.4 is 0 Å². The third-order valence-corrected chi connectivity index (χ3v) is 3.22. The van der Waals surface area contributed by atoms with Gasteiger partial charge in [-0.2, -0.15) is 0 Å². The summed E-state index contributed by atoms with van der Waals surface area (Å²) in [6.07, 6.45) is 5.53. The number of fused-ring (bicyclic) bond motifs is 2. The molecule has 11 heavy (non-hydrogen) atoms. The van der Waals surface area contributed by atoms with E-state index in [1.165, 1.54) is 0 Å². The molecule has 0 aromatic carbocycles. The van der Waals surface area contributed by atoms with Gasteiger partial charge < -0.3 is 10.2 Å². The highest BCUT2D eigenvalue weighted by Crippen LogP contribution is 2.47. The van der Waals surface area contributed by atoms with Gasteiger partial charge in [0.1, 0.15) is 0 Å². The summed E-state index contributed by atoms with van der Waals surface area (Å²) in [5.41, 5.74) is 0. The highest BCUT2D eigenvalue weighted by atomic mass is 16.3. The lowest BCUT2D eigenvalue weighted by Gasteiger charge is -2.23. The van der Waals surface area contributed by atoms with Crippen molar-refractivity contribution >= 4 is 0 Å². The van der Waals surface area contributed by atoms with Crippen LogP contribution in [-0.4, -0.2) is 23.4 Å². The van der Waals surface area contributed by atoms with E-state index >= 15 is 0 Å². The van der Waals surface area contributed by atoms with Crippen LogP contribution in [0.2, 0.25) is 0 Å². The number of allylic oxidation sites excluding steroid dienone is 2. The molecule has 1 saturated carbocycles. The third-order valence-electron chi connectivity index (χ3n) is 3.22. The summed E-state index contributed by atoms with van der Waals surface area (Å²) < 4.78 is 0. The Morgan fingerprint density at radius 3 is 1.82 bits per heavy atom. The van der Waals surface area contributed by atoms with Crippen LogP contribution in [0.1, 0.15) is 6.42 Å². The summed E-state index contributed by atoms with van der Waals surface area (Å²) in [6.45, 7) is 0.466. The number of hydrogen-bond donors (Lipinski definition) is 2. The molecule has 0 aromatic rings. The average molecular weight is 154 g/mol. The Bertz CT molecular complexity index is 158. The van der Waals surface area contributed by atoms with Crippen LogP contribution in [0.4, 0.5) is 0 Å². The maximum Gasteiger partial charge on any atom is 0.0468 e. The predicted molar refractivity (Wildman–Crippen MR) is 41.9 cm³/mol.